The number of aryl methyl sites for hydroxylation is 1. The van der Waals surface area contributed by atoms with Crippen LogP contribution in [-0.4, -0.2) is 52.9 Å². The van der Waals surface area contributed by atoms with E-state index in [0.29, 0.717) is 22.9 Å². The van der Waals surface area contributed by atoms with E-state index in [1.807, 2.05) is 13.0 Å². The van der Waals surface area contributed by atoms with E-state index in [2.05, 4.69) is 33.1 Å². The second-order valence-corrected chi connectivity index (χ2v) is 7.44. The molecular formula is C20H23N5O. The lowest BCUT2D eigenvalue weighted by molar-refractivity contribution is 0.207. The van der Waals surface area contributed by atoms with Crippen LogP contribution in [0.25, 0.3) is 11.3 Å². The summed E-state index contributed by atoms with van der Waals surface area (Å²) in [5.74, 6) is 1.72. The third-order valence-electron chi connectivity index (χ3n) is 5.71. The summed E-state index contributed by atoms with van der Waals surface area (Å²) in [7, 11) is 2.18. The second-order valence-electron chi connectivity index (χ2n) is 7.44. The number of likely N-dealkylation sites (tertiary alicyclic amines) is 1. The van der Waals surface area contributed by atoms with E-state index in [1.165, 1.54) is 25.5 Å². The molecule has 134 valence electrons. The van der Waals surface area contributed by atoms with Gasteiger partial charge in [0.05, 0.1) is 17.3 Å². The topological polar surface area (TPSA) is 76.3 Å². The summed E-state index contributed by atoms with van der Waals surface area (Å²) in [5.41, 5.74) is 2.67. The van der Waals surface area contributed by atoms with Crippen LogP contribution in [-0.2, 0) is 0 Å². The molecule has 3 heterocycles. The first-order valence-corrected chi connectivity index (χ1v) is 9.10. The Bertz CT molecular complexity index is 875. The molecule has 0 saturated carbocycles. The number of phenolic OH excluding ortho intramolecular Hbond substituents is 1. The Kier molecular flexibility index (Phi) is 4.25. The Morgan fingerprint density at radius 3 is 2.73 bits per heavy atom. The quantitative estimate of drug-likeness (QED) is 0.898. The van der Waals surface area contributed by atoms with Crippen molar-refractivity contribution in [3.8, 4) is 23.1 Å². The summed E-state index contributed by atoms with van der Waals surface area (Å²) in [4.78, 5) is 4.78. The molecule has 26 heavy (non-hydrogen) atoms. The van der Waals surface area contributed by atoms with Crippen molar-refractivity contribution >= 4 is 5.82 Å². The van der Waals surface area contributed by atoms with Gasteiger partial charge in [-0.05, 0) is 69.1 Å². The van der Waals surface area contributed by atoms with Crippen LogP contribution in [0, 0.1) is 24.2 Å². The van der Waals surface area contributed by atoms with Crippen molar-refractivity contribution in [2.45, 2.75) is 25.8 Å². The number of phenols is 1. The standard InChI is InChI=1S/C20H23N5O/c1-13-9-19(25-8-6-15-5-7-24(2)12-17(15)25)22-23-20(13)16-4-3-14(11-21)10-18(16)26/h3-4,9-10,15,17,26H,5-8,12H2,1-2H3. The lowest BCUT2D eigenvalue weighted by Crippen LogP contribution is -2.47. The fraction of sp³-hybridized carbons (Fsp3) is 0.450. The highest BCUT2D eigenvalue weighted by Gasteiger charge is 2.38. The Labute approximate surface area is 153 Å². The highest BCUT2D eigenvalue weighted by atomic mass is 16.3. The first-order valence-electron chi connectivity index (χ1n) is 9.10. The number of hydrogen-bond acceptors (Lipinski definition) is 6. The average molecular weight is 349 g/mol. The summed E-state index contributed by atoms with van der Waals surface area (Å²) < 4.78 is 0. The molecule has 1 aromatic carbocycles. The van der Waals surface area contributed by atoms with Crippen molar-refractivity contribution < 1.29 is 5.11 Å². The Balaban J connectivity index is 1.64. The second kappa shape index (κ2) is 6.58. The van der Waals surface area contributed by atoms with E-state index >= 15 is 0 Å². The minimum Gasteiger partial charge on any atom is -0.507 e. The molecule has 4 rings (SSSR count). The Morgan fingerprint density at radius 1 is 1.19 bits per heavy atom. The fourth-order valence-electron chi connectivity index (χ4n) is 4.26. The molecular weight excluding hydrogens is 326 g/mol. The molecule has 2 aliphatic heterocycles. The zero-order chi connectivity index (χ0) is 18.3. The molecule has 2 saturated heterocycles. The molecule has 6 heteroatoms. The molecule has 2 unspecified atom stereocenters. The molecule has 2 aromatic rings. The number of piperidine rings is 1. The lowest BCUT2D eigenvalue weighted by Gasteiger charge is -2.37. The number of rotatable bonds is 2. The van der Waals surface area contributed by atoms with Gasteiger partial charge in [0.2, 0.25) is 0 Å². The van der Waals surface area contributed by atoms with Gasteiger partial charge >= 0.3 is 0 Å². The van der Waals surface area contributed by atoms with Crippen molar-refractivity contribution in [1.29, 1.82) is 5.26 Å². The largest absolute Gasteiger partial charge is 0.507 e. The van der Waals surface area contributed by atoms with Crippen LogP contribution in [0.5, 0.6) is 5.75 Å². The van der Waals surface area contributed by atoms with Gasteiger partial charge in [0.15, 0.2) is 5.82 Å². The highest BCUT2D eigenvalue weighted by molar-refractivity contribution is 5.71. The minimum atomic E-state index is 0.0596. The van der Waals surface area contributed by atoms with Crippen molar-refractivity contribution in [2.75, 3.05) is 31.6 Å². The number of anilines is 1. The van der Waals surface area contributed by atoms with Gasteiger partial charge in [0.1, 0.15) is 5.75 Å². The number of nitriles is 1. The van der Waals surface area contributed by atoms with E-state index in [-0.39, 0.29) is 5.75 Å². The first-order chi connectivity index (χ1) is 12.6. The van der Waals surface area contributed by atoms with Gasteiger partial charge in [-0.25, -0.2) is 0 Å². The number of benzene rings is 1. The zero-order valence-electron chi connectivity index (χ0n) is 15.2. The molecule has 1 aromatic heterocycles. The van der Waals surface area contributed by atoms with Crippen molar-refractivity contribution in [2.24, 2.45) is 5.92 Å². The van der Waals surface area contributed by atoms with Crippen LogP contribution < -0.4 is 4.90 Å². The number of likely N-dealkylation sites (N-methyl/N-ethyl adjacent to an activating group) is 1. The molecule has 0 aliphatic carbocycles. The van der Waals surface area contributed by atoms with Gasteiger partial charge in [-0.2, -0.15) is 5.26 Å². The zero-order valence-corrected chi connectivity index (χ0v) is 15.2. The monoisotopic (exact) mass is 349 g/mol. The van der Waals surface area contributed by atoms with Crippen LogP contribution in [0.15, 0.2) is 24.3 Å². The molecule has 1 N–H and O–H groups in total. The van der Waals surface area contributed by atoms with Gasteiger partial charge in [0.25, 0.3) is 0 Å². The molecule has 6 nitrogen and oxygen atoms in total. The molecule has 2 fully saturated rings. The molecule has 0 spiro atoms. The van der Waals surface area contributed by atoms with Crippen LogP contribution in [0.4, 0.5) is 5.82 Å². The summed E-state index contributed by atoms with van der Waals surface area (Å²) in [5, 5.41) is 28.1. The SMILES string of the molecule is Cc1cc(N2CCC3CCN(C)CC32)nnc1-c1ccc(C#N)cc1O. The number of aromatic hydroxyl groups is 1. The van der Waals surface area contributed by atoms with Crippen LogP contribution >= 0.6 is 0 Å². The number of nitrogens with zero attached hydrogens (tertiary/aromatic N) is 5. The lowest BCUT2D eigenvalue weighted by atomic mass is 9.92. The Hall–Kier alpha value is -2.65. The third kappa shape index (κ3) is 2.89. The molecule has 0 radical (unpaired) electrons. The number of fused-ring (bicyclic) bond motifs is 1. The predicted molar refractivity (Wildman–Crippen MR) is 99.9 cm³/mol. The van der Waals surface area contributed by atoms with Gasteiger partial charge in [-0.1, -0.05) is 0 Å². The van der Waals surface area contributed by atoms with E-state index in [1.54, 1.807) is 12.1 Å². The summed E-state index contributed by atoms with van der Waals surface area (Å²) >= 11 is 0. The van der Waals surface area contributed by atoms with E-state index < -0.39 is 0 Å². The van der Waals surface area contributed by atoms with E-state index in [0.717, 1.165) is 30.4 Å². The van der Waals surface area contributed by atoms with Crippen molar-refractivity contribution in [1.82, 2.24) is 15.1 Å². The van der Waals surface area contributed by atoms with Gasteiger partial charge in [0, 0.05) is 24.7 Å². The maximum Gasteiger partial charge on any atom is 0.151 e. The summed E-state index contributed by atoms with van der Waals surface area (Å²) in [6, 6.07) is 9.49. The maximum absolute atomic E-state index is 10.2. The van der Waals surface area contributed by atoms with Crippen LogP contribution in [0.3, 0.4) is 0 Å². The molecule has 2 atom stereocenters. The minimum absolute atomic E-state index is 0.0596. The molecule has 2 aliphatic rings. The van der Waals surface area contributed by atoms with E-state index in [4.69, 9.17) is 5.26 Å². The normalized spacial score (nSPS) is 22.9. The van der Waals surface area contributed by atoms with Gasteiger partial charge in [-0.3, -0.25) is 0 Å². The van der Waals surface area contributed by atoms with Crippen LogP contribution in [0.1, 0.15) is 24.0 Å². The maximum atomic E-state index is 10.2. The predicted octanol–water partition coefficient (Wildman–Crippen LogP) is 2.56. The van der Waals surface area contributed by atoms with Gasteiger partial charge < -0.3 is 14.9 Å². The number of aromatic nitrogens is 2. The van der Waals surface area contributed by atoms with E-state index in [9.17, 15) is 5.11 Å². The molecule has 0 amide bonds. The van der Waals surface area contributed by atoms with Crippen molar-refractivity contribution in [3.63, 3.8) is 0 Å². The molecule has 0 bridgehead atoms. The number of hydrogen-bond donors (Lipinski definition) is 1. The van der Waals surface area contributed by atoms with Gasteiger partial charge in [-0.15, -0.1) is 10.2 Å². The fourth-order valence-corrected chi connectivity index (χ4v) is 4.26. The third-order valence-corrected chi connectivity index (χ3v) is 5.71. The smallest absolute Gasteiger partial charge is 0.151 e. The van der Waals surface area contributed by atoms with Crippen LogP contribution in [0.2, 0.25) is 0 Å². The van der Waals surface area contributed by atoms with Crippen molar-refractivity contribution in [3.05, 3.63) is 35.4 Å². The first kappa shape index (κ1) is 16.8. The highest BCUT2D eigenvalue weighted by Crippen LogP contribution is 2.36. The summed E-state index contributed by atoms with van der Waals surface area (Å²) in [6.45, 7) is 5.27. The summed E-state index contributed by atoms with van der Waals surface area (Å²) in [6.07, 6.45) is 2.47. The Morgan fingerprint density at radius 2 is 2.00 bits per heavy atom. The average Bonchev–Trinajstić information content (AvgIpc) is 3.05.